The molecule has 35 heavy (non-hydrogen) atoms. The molecule has 0 fully saturated rings. The van der Waals surface area contributed by atoms with Gasteiger partial charge in [0.2, 0.25) is 5.96 Å². The molecular weight excluding hydrogens is 488 g/mol. The highest BCUT2D eigenvalue weighted by Gasteiger charge is 2.40. The van der Waals surface area contributed by atoms with E-state index in [-0.39, 0.29) is 34.6 Å². The number of aliphatic imine (C=N–C) groups is 1. The van der Waals surface area contributed by atoms with Crippen molar-refractivity contribution in [2.75, 3.05) is 16.2 Å². The van der Waals surface area contributed by atoms with Crippen LogP contribution in [0.2, 0.25) is 5.02 Å². The first kappa shape index (κ1) is 24.2. The van der Waals surface area contributed by atoms with Gasteiger partial charge in [0.1, 0.15) is 22.6 Å². The molecule has 1 aliphatic rings. The number of rotatable bonds is 3. The fourth-order valence-electron chi connectivity index (χ4n) is 3.61. The Labute approximate surface area is 208 Å². The number of nitrogens with zero attached hydrogens (tertiary/aromatic N) is 4. The zero-order chi connectivity index (χ0) is 25.2. The SMILES string of the molecule is CC1(C)CN/C(=N/C(=O)c2ccc(Cl)cc2)Nc2cccc(n2)N1S(=O)(=O)c1ccccc1C#N. The van der Waals surface area contributed by atoms with Crippen LogP contribution in [0.3, 0.4) is 0 Å². The molecule has 2 aromatic carbocycles. The largest absolute Gasteiger partial charge is 0.353 e. The predicted molar refractivity (Wildman–Crippen MR) is 134 cm³/mol. The van der Waals surface area contributed by atoms with Crippen molar-refractivity contribution in [2.24, 2.45) is 4.99 Å². The molecular formula is C24H21ClN6O3S. The number of fused-ring (bicyclic) bond motifs is 2. The minimum atomic E-state index is -4.19. The summed E-state index contributed by atoms with van der Waals surface area (Å²) in [7, 11) is -4.19. The Hall–Kier alpha value is -3.94. The van der Waals surface area contributed by atoms with E-state index in [4.69, 9.17) is 11.6 Å². The lowest BCUT2D eigenvalue weighted by Crippen LogP contribution is -2.55. The van der Waals surface area contributed by atoms with E-state index in [0.29, 0.717) is 10.6 Å². The molecule has 0 unspecified atom stereocenters. The van der Waals surface area contributed by atoms with Gasteiger partial charge in [-0.05, 0) is 62.4 Å². The van der Waals surface area contributed by atoms with Crippen molar-refractivity contribution in [3.8, 4) is 6.07 Å². The average Bonchev–Trinajstić information content (AvgIpc) is 2.85. The van der Waals surface area contributed by atoms with Crippen LogP contribution in [0.1, 0.15) is 29.8 Å². The summed E-state index contributed by atoms with van der Waals surface area (Å²) >= 11 is 5.90. The third-order valence-electron chi connectivity index (χ3n) is 5.26. The Kier molecular flexibility index (Phi) is 6.47. The highest BCUT2D eigenvalue weighted by molar-refractivity contribution is 7.93. The summed E-state index contributed by atoms with van der Waals surface area (Å²) < 4.78 is 28.8. The van der Waals surface area contributed by atoms with E-state index >= 15 is 0 Å². The number of benzene rings is 2. The van der Waals surface area contributed by atoms with Gasteiger partial charge in [-0.25, -0.2) is 17.7 Å². The maximum atomic E-state index is 13.8. The number of halogens is 1. The van der Waals surface area contributed by atoms with Gasteiger partial charge < -0.3 is 10.6 Å². The van der Waals surface area contributed by atoms with Crippen LogP contribution in [0.4, 0.5) is 11.6 Å². The number of amides is 1. The summed E-state index contributed by atoms with van der Waals surface area (Å²) in [5.74, 6) is 0.0283. The molecule has 0 aliphatic carbocycles. The van der Waals surface area contributed by atoms with E-state index in [9.17, 15) is 18.5 Å². The molecule has 1 aliphatic heterocycles. The van der Waals surface area contributed by atoms with Gasteiger partial charge in [-0.15, -0.1) is 0 Å². The Morgan fingerprint density at radius 2 is 1.83 bits per heavy atom. The second kappa shape index (κ2) is 9.37. The zero-order valence-corrected chi connectivity index (χ0v) is 20.4. The van der Waals surface area contributed by atoms with Crippen molar-refractivity contribution in [1.29, 1.82) is 5.26 Å². The van der Waals surface area contributed by atoms with Crippen molar-refractivity contribution >= 4 is 45.1 Å². The van der Waals surface area contributed by atoms with Crippen LogP contribution in [0.25, 0.3) is 0 Å². The number of hydrogen-bond acceptors (Lipinski definition) is 5. The third-order valence-corrected chi connectivity index (χ3v) is 7.58. The number of nitriles is 1. The van der Waals surface area contributed by atoms with Crippen LogP contribution in [-0.2, 0) is 10.0 Å². The van der Waals surface area contributed by atoms with Crippen molar-refractivity contribution < 1.29 is 13.2 Å². The molecule has 0 atom stereocenters. The van der Waals surface area contributed by atoms with Crippen LogP contribution >= 0.6 is 11.6 Å². The maximum Gasteiger partial charge on any atom is 0.280 e. The summed E-state index contributed by atoms with van der Waals surface area (Å²) in [5.41, 5.74) is -0.715. The zero-order valence-electron chi connectivity index (χ0n) is 18.9. The standard InChI is InChI=1S/C24H21ClN6O3S/c1-24(2)15-27-23(30-22(32)16-10-12-18(25)13-11-16)29-20-8-5-9-21(28-20)31(24)35(33,34)19-7-4-3-6-17(19)14-26/h3-13H,15H2,1-2H3,(H2,27,28,29,30,32). The summed E-state index contributed by atoms with van der Waals surface area (Å²) in [4.78, 5) is 21.2. The van der Waals surface area contributed by atoms with E-state index in [0.717, 1.165) is 0 Å². The number of sulfonamides is 1. The van der Waals surface area contributed by atoms with Gasteiger partial charge >= 0.3 is 0 Å². The molecule has 2 N–H and O–H groups in total. The molecule has 3 aromatic rings. The van der Waals surface area contributed by atoms with Gasteiger partial charge in [-0.2, -0.15) is 10.3 Å². The van der Waals surface area contributed by atoms with Gasteiger partial charge in [-0.3, -0.25) is 4.79 Å². The second-order valence-electron chi connectivity index (χ2n) is 8.32. The lowest BCUT2D eigenvalue weighted by atomic mass is 10.1. The van der Waals surface area contributed by atoms with E-state index in [1.807, 2.05) is 6.07 Å². The van der Waals surface area contributed by atoms with Crippen LogP contribution in [0.5, 0.6) is 0 Å². The quantitative estimate of drug-likeness (QED) is 0.550. The summed E-state index contributed by atoms with van der Waals surface area (Å²) in [6.07, 6.45) is 0. The molecule has 9 nitrogen and oxygen atoms in total. The first-order valence-electron chi connectivity index (χ1n) is 10.5. The maximum absolute atomic E-state index is 13.8. The number of nitrogens with one attached hydrogen (secondary N) is 2. The summed E-state index contributed by atoms with van der Waals surface area (Å²) in [5, 5.41) is 16.0. The van der Waals surface area contributed by atoms with Crippen molar-refractivity contribution in [3.05, 3.63) is 82.9 Å². The molecule has 2 bridgehead atoms. The Balaban J connectivity index is 1.77. The molecule has 178 valence electrons. The minimum Gasteiger partial charge on any atom is -0.353 e. The van der Waals surface area contributed by atoms with Gasteiger partial charge in [0, 0.05) is 17.1 Å². The van der Waals surface area contributed by atoms with Crippen molar-refractivity contribution in [2.45, 2.75) is 24.3 Å². The Bertz CT molecular complexity index is 1460. The van der Waals surface area contributed by atoms with Crippen LogP contribution in [0, 0.1) is 11.3 Å². The molecule has 1 aromatic heterocycles. The van der Waals surface area contributed by atoms with E-state index in [1.165, 1.54) is 16.4 Å². The monoisotopic (exact) mass is 508 g/mol. The fourth-order valence-corrected chi connectivity index (χ4v) is 5.64. The first-order valence-corrected chi connectivity index (χ1v) is 12.3. The number of hydrogen-bond donors (Lipinski definition) is 2. The van der Waals surface area contributed by atoms with Crippen LogP contribution in [0.15, 0.2) is 76.6 Å². The number of carbonyl (C=O) groups is 1. The highest BCUT2D eigenvalue weighted by atomic mass is 35.5. The van der Waals surface area contributed by atoms with Crippen molar-refractivity contribution in [1.82, 2.24) is 10.3 Å². The third kappa shape index (κ3) is 4.96. The normalized spacial score (nSPS) is 16.2. The Morgan fingerprint density at radius 1 is 1.11 bits per heavy atom. The molecule has 4 rings (SSSR count). The first-order chi connectivity index (χ1) is 16.6. The van der Waals surface area contributed by atoms with Crippen LogP contribution < -0.4 is 14.9 Å². The number of pyridine rings is 1. The van der Waals surface area contributed by atoms with E-state index in [2.05, 4.69) is 20.6 Å². The topological polar surface area (TPSA) is 128 Å². The van der Waals surface area contributed by atoms with E-state index < -0.39 is 21.5 Å². The molecule has 2 heterocycles. The lowest BCUT2D eigenvalue weighted by molar-refractivity contribution is 0.100. The second-order valence-corrected chi connectivity index (χ2v) is 10.5. The fraction of sp³-hybridized carbons (Fsp3) is 0.167. The van der Waals surface area contributed by atoms with Gasteiger partial charge in [0.05, 0.1) is 11.1 Å². The number of guanidine groups is 1. The molecule has 0 spiro atoms. The van der Waals surface area contributed by atoms with Gasteiger partial charge in [0.15, 0.2) is 0 Å². The molecule has 0 saturated heterocycles. The number of anilines is 2. The Morgan fingerprint density at radius 3 is 2.54 bits per heavy atom. The molecule has 0 radical (unpaired) electrons. The number of aromatic nitrogens is 1. The van der Waals surface area contributed by atoms with Crippen LogP contribution in [-0.4, -0.2) is 37.4 Å². The van der Waals surface area contributed by atoms with Gasteiger partial charge in [-0.1, -0.05) is 29.8 Å². The predicted octanol–water partition coefficient (Wildman–Crippen LogP) is 3.79. The smallest absolute Gasteiger partial charge is 0.280 e. The minimum absolute atomic E-state index is 0.0289. The van der Waals surface area contributed by atoms with Crippen molar-refractivity contribution in [3.63, 3.8) is 0 Å². The summed E-state index contributed by atoms with van der Waals surface area (Å²) in [6, 6.07) is 19.1. The van der Waals surface area contributed by atoms with E-state index in [1.54, 1.807) is 68.4 Å². The molecule has 0 saturated carbocycles. The van der Waals surface area contributed by atoms with Gasteiger partial charge in [0.25, 0.3) is 15.9 Å². The highest BCUT2D eigenvalue weighted by Crippen LogP contribution is 2.32. The molecule has 11 heteroatoms. The summed E-state index contributed by atoms with van der Waals surface area (Å²) in [6.45, 7) is 3.50. The number of carbonyl (C=O) groups excluding carboxylic acids is 1. The lowest BCUT2D eigenvalue weighted by Gasteiger charge is -2.38. The molecule has 1 amide bonds. The average molecular weight is 509 g/mol.